The number of hydrogen-bond donors (Lipinski definition) is 6. The summed E-state index contributed by atoms with van der Waals surface area (Å²) >= 11 is 0. The molecule has 2 amide bonds. The Balaban J connectivity index is 0.000000427. The van der Waals surface area contributed by atoms with E-state index in [1.165, 1.54) is 13.8 Å². The van der Waals surface area contributed by atoms with E-state index in [0.29, 0.717) is 12.8 Å². The number of nitriles is 2. The molecule has 0 saturated carbocycles. The summed E-state index contributed by atoms with van der Waals surface area (Å²) in [6.07, 6.45) is 2.57. The summed E-state index contributed by atoms with van der Waals surface area (Å²) in [6, 6.07) is 7.32. The number of nitrogens with one attached hydrogen (secondary N) is 2. The van der Waals surface area contributed by atoms with Crippen LogP contribution in [-0.4, -0.2) is 51.2 Å². The van der Waals surface area contributed by atoms with E-state index in [-0.39, 0.29) is 86.2 Å². The molecule has 4 rings (SSSR count). The van der Waals surface area contributed by atoms with E-state index < -0.39 is 67.4 Å². The van der Waals surface area contributed by atoms with Gasteiger partial charge in [-0.25, -0.2) is 0 Å². The Labute approximate surface area is 367 Å². The van der Waals surface area contributed by atoms with Crippen LogP contribution in [0.25, 0.3) is 0 Å². The number of benzene rings is 2. The first-order chi connectivity index (χ1) is 29.2. The van der Waals surface area contributed by atoms with Gasteiger partial charge < -0.3 is 31.1 Å². The van der Waals surface area contributed by atoms with E-state index in [1.807, 2.05) is 13.8 Å². The van der Waals surface area contributed by atoms with Gasteiger partial charge in [0.1, 0.15) is 34.6 Å². The Morgan fingerprint density at radius 2 is 1.02 bits per heavy atom. The van der Waals surface area contributed by atoms with Crippen molar-refractivity contribution in [3.05, 3.63) is 87.5 Å². The fourth-order valence-electron chi connectivity index (χ4n) is 5.51. The van der Waals surface area contributed by atoms with E-state index in [1.54, 1.807) is 12.1 Å². The van der Waals surface area contributed by atoms with Crippen LogP contribution >= 0.6 is 0 Å². The van der Waals surface area contributed by atoms with Gasteiger partial charge in [-0.1, -0.05) is 26.7 Å². The second kappa shape index (κ2) is 22.5. The fraction of sp³-hybridized carbons (Fsp3) is 0.316. The van der Waals surface area contributed by atoms with Crippen molar-refractivity contribution in [3.8, 4) is 35.4 Å². The Kier molecular flexibility index (Phi) is 18.3. The van der Waals surface area contributed by atoms with E-state index >= 15 is 0 Å². The molecule has 4 aromatic rings. The zero-order chi connectivity index (χ0) is 46.6. The number of amides is 2. The van der Waals surface area contributed by atoms with Crippen LogP contribution in [0.2, 0.25) is 0 Å². The molecule has 0 aliphatic heterocycles. The Morgan fingerprint density at radius 3 is 1.29 bits per heavy atom. The molecule has 1 radical (unpaired) electrons. The third-order valence-corrected chi connectivity index (χ3v) is 8.72. The number of aromatic hydroxyl groups is 4. The molecular weight excluding hydrogens is 875 g/mol. The molecule has 2 aromatic heterocycles. The van der Waals surface area contributed by atoms with Crippen LogP contribution in [0.5, 0.6) is 23.3 Å². The van der Waals surface area contributed by atoms with Gasteiger partial charge in [0.25, 0.3) is 22.5 Å². The molecule has 0 atom stereocenters. The van der Waals surface area contributed by atoms with Gasteiger partial charge in [0, 0.05) is 79.1 Å². The summed E-state index contributed by atoms with van der Waals surface area (Å²) in [7, 11) is 0. The zero-order valence-corrected chi connectivity index (χ0v) is 35.5. The van der Waals surface area contributed by atoms with E-state index in [2.05, 4.69) is 31.1 Å². The molecule has 2 aromatic carbocycles. The van der Waals surface area contributed by atoms with Crippen molar-refractivity contribution in [1.82, 2.24) is 9.13 Å². The number of unbranched alkanes of at least 4 members (excludes halogenated alkanes) is 2. The summed E-state index contributed by atoms with van der Waals surface area (Å²) in [6.45, 7) is 9.18. The molecule has 0 fully saturated rings. The number of nitro benzene ring substituents is 2. The molecule has 0 saturated heterocycles. The molecule has 333 valence electrons. The third kappa shape index (κ3) is 12.1. The molecule has 0 aliphatic rings. The normalized spacial score (nSPS) is 10.6. The number of azo groups is 2. The molecule has 0 bridgehead atoms. The van der Waals surface area contributed by atoms with E-state index in [4.69, 9.17) is 0 Å². The van der Waals surface area contributed by atoms with E-state index in [0.717, 1.165) is 60.1 Å². The van der Waals surface area contributed by atoms with Crippen molar-refractivity contribution >= 4 is 57.3 Å². The average molecular weight is 916 g/mol. The van der Waals surface area contributed by atoms with Crippen molar-refractivity contribution in [2.24, 2.45) is 20.5 Å². The molecule has 25 heteroatoms. The van der Waals surface area contributed by atoms with Crippen LogP contribution in [0.4, 0.5) is 45.5 Å². The van der Waals surface area contributed by atoms with Gasteiger partial charge in [-0.3, -0.25) is 48.5 Å². The number of rotatable bonds is 14. The van der Waals surface area contributed by atoms with Crippen molar-refractivity contribution < 1.29 is 56.6 Å². The number of carbonyl (C=O) groups is 2. The van der Waals surface area contributed by atoms with Crippen LogP contribution in [0.3, 0.4) is 0 Å². The third-order valence-electron chi connectivity index (χ3n) is 8.72. The van der Waals surface area contributed by atoms with Crippen LogP contribution < -0.4 is 21.8 Å². The minimum absolute atomic E-state index is 0. The summed E-state index contributed by atoms with van der Waals surface area (Å²) in [5.74, 6) is -3.36. The first-order valence-corrected chi connectivity index (χ1v) is 18.4. The number of nitrogens with zero attached hydrogens (tertiary/aromatic N) is 10. The maximum absolute atomic E-state index is 12.4. The van der Waals surface area contributed by atoms with Crippen molar-refractivity contribution in [2.45, 2.75) is 80.3 Å². The largest absolute Gasteiger partial charge is 0.504 e. The minimum Gasteiger partial charge on any atom is -0.504 e. The molecule has 24 nitrogen and oxygen atoms in total. The number of pyridine rings is 2. The molecule has 6 N–H and O–H groups in total. The summed E-state index contributed by atoms with van der Waals surface area (Å²) in [5, 5.41) is 102. The van der Waals surface area contributed by atoms with E-state index in [9.17, 15) is 70.4 Å². The fourth-order valence-corrected chi connectivity index (χ4v) is 5.51. The van der Waals surface area contributed by atoms with Crippen LogP contribution in [-0.2, 0) is 39.5 Å². The minimum atomic E-state index is -0.745. The molecular formula is C38H40CoN12O12. The standard InChI is InChI=1S/2C19H20N6O6.Co/c2*1-4-5-6-24-18(28)13(9-20)10(2)16(19(24)29)23-22-15-8-12(25(30)31)7-14(17(15)27)21-11(3)26;/h2*7-8,27,29H,4-6H2,1-3H3,(H,21,26);. The number of aromatic nitrogens is 2. The predicted octanol–water partition coefficient (Wildman–Crippen LogP) is 7.04. The summed E-state index contributed by atoms with van der Waals surface area (Å²) in [5.41, 5.74) is -4.22. The molecule has 0 spiro atoms. The number of non-ortho nitro benzene ring substituents is 2. The second-order valence-corrected chi connectivity index (χ2v) is 13.2. The number of hydrogen-bond acceptors (Lipinski definition) is 18. The predicted molar refractivity (Wildman–Crippen MR) is 220 cm³/mol. The number of phenolic OH excluding ortho intramolecular Hbond substituents is 2. The van der Waals surface area contributed by atoms with Crippen LogP contribution in [0, 0.1) is 56.7 Å². The van der Waals surface area contributed by atoms with Crippen molar-refractivity contribution in [1.29, 1.82) is 10.5 Å². The molecule has 63 heavy (non-hydrogen) atoms. The van der Waals surface area contributed by atoms with Gasteiger partial charge in [-0.05, 0) is 26.7 Å². The average Bonchev–Trinajstić information content (AvgIpc) is 3.20. The number of phenols is 2. The Morgan fingerprint density at radius 1 is 0.683 bits per heavy atom. The maximum atomic E-state index is 12.4. The topological polar surface area (TPSA) is 366 Å². The van der Waals surface area contributed by atoms with Crippen molar-refractivity contribution in [2.75, 3.05) is 10.6 Å². The summed E-state index contributed by atoms with van der Waals surface area (Å²) < 4.78 is 2.00. The number of carbonyl (C=O) groups excluding carboxylic acids is 2. The van der Waals surface area contributed by atoms with Gasteiger partial charge >= 0.3 is 0 Å². The van der Waals surface area contributed by atoms with Crippen molar-refractivity contribution in [3.63, 3.8) is 0 Å². The smallest absolute Gasteiger partial charge is 0.274 e. The Bertz CT molecular complexity index is 2550. The molecule has 0 unspecified atom stereocenters. The molecule has 2 heterocycles. The van der Waals surface area contributed by atoms with Gasteiger partial charge in [-0.2, -0.15) is 10.5 Å². The first kappa shape index (κ1) is 51.1. The Hall–Kier alpha value is -8.03. The monoisotopic (exact) mass is 915 g/mol. The number of anilines is 2. The summed E-state index contributed by atoms with van der Waals surface area (Å²) in [4.78, 5) is 68.4. The zero-order valence-electron chi connectivity index (χ0n) is 34.4. The van der Waals surface area contributed by atoms with Gasteiger partial charge in [0.15, 0.2) is 22.9 Å². The second-order valence-electron chi connectivity index (χ2n) is 13.2. The van der Waals surface area contributed by atoms with Gasteiger partial charge in [0.2, 0.25) is 23.6 Å². The van der Waals surface area contributed by atoms with Crippen LogP contribution in [0.1, 0.15) is 75.6 Å². The first-order valence-electron chi connectivity index (χ1n) is 18.4. The van der Waals surface area contributed by atoms with Crippen LogP contribution in [0.15, 0.2) is 54.3 Å². The SMILES string of the molecule is CCCCn1c(O)c(N=Nc2cc([N+](=O)[O-])cc(NC(C)=O)c2O)c(C)c(C#N)c1=O.CCCCn1c(O)c(N=Nc2cc([N+](=O)[O-])cc(NC(C)=O)c2O)c(C)c(C#N)c1=O.[Co]. The quantitative estimate of drug-likeness (QED) is 0.0320. The maximum Gasteiger partial charge on any atom is 0.274 e. The van der Waals surface area contributed by atoms with Gasteiger partial charge in [-0.15, -0.1) is 20.5 Å². The number of nitro groups is 2. The van der Waals surface area contributed by atoms with Gasteiger partial charge in [0.05, 0.1) is 21.2 Å². The molecule has 0 aliphatic carbocycles.